The topological polar surface area (TPSA) is 42.6 Å². The highest BCUT2D eigenvalue weighted by molar-refractivity contribution is 9.13. The van der Waals surface area contributed by atoms with Crippen molar-refractivity contribution in [2.24, 2.45) is 0 Å². The lowest BCUT2D eigenvalue weighted by Crippen LogP contribution is -1.98. The second-order valence-electron chi connectivity index (χ2n) is 4.14. The molecule has 0 radical (unpaired) electrons. The number of aliphatic hydroxyl groups excluding tert-OH is 1. The normalized spacial score (nSPS) is 15.3. The van der Waals surface area contributed by atoms with Gasteiger partial charge in [-0.1, -0.05) is 6.07 Å². The van der Waals surface area contributed by atoms with Gasteiger partial charge in [0.15, 0.2) is 4.67 Å². The highest BCUT2D eigenvalue weighted by Gasteiger charge is 2.20. The number of halogens is 2. The van der Waals surface area contributed by atoms with Gasteiger partial charge >= 0.3 is 0 Å². The predicted octanol–water partition coefficient (Wildman–Crippen LogP) is 3.82. The lowest BCUT2D eigenvalue weighted by molar-refractivity contribution is 0.187. The Balaban J connectivity index is 1.94. The molecular weight excluding hydrogens is 364 g/mol. The zero-order valence-electron chi connectivity index (χ0n) is 9.32. The number of hydrogen-bond acceptors (Lipinski definition) is 3. The van der Waals surface area contributed by atoms with E-state index in [0.717, 1.165) is 27.8 Å². The third-order valence-electron chi connectivity index (χ3n) is 2.96. The van der Waals surface area contributed by atoms with Gasteiger partial charge in [0.1, 0.15) is 17.6 Å². The van der Waals surface area contributed by atoms with Gasteiger partial charge in [0, 0.05) is 6.42 Å². The highest BCUT2D eigenvalue weighted by atomic mass is 79.9. The van der Waals surface area contributed by atoms with Crippen molar-refractivity contribution >= 4 is 31.9 Å². The van der Waals surface area contributed by atoms with Crippen molar-refractivity contribution in [2.45, 2.75) is 12.5 Å². The van der Waals surface area contributed by atoms with Gasteiger partial charge in [-0.3, -0.25) is 0 Å². The van der Waals surface area contributed by atoms with E-state index >= 15 is 0 Å². The Morgan fingerprint density at radius 1 is 1.22 bits per heavy atom. The average Bonchev–Trinajstić information content (AvgIpc) is 2.95. The molecule has 94 valence electrons. The Bertz CT molecular complexity index is 572. The first-order valence-electron chi connectivity index (χ1n) is 5.53. The van der Waals surface area contributed by atoms with Crippen molar-refractivity contribution in [1.29, 1.82) is 0 Å². The minimum atomic E-state index is -0.765. The Morgan fingerprint density at radius 3 is 2.78 bits per heavy atom. The molecule has 2 heterocycles. The lowest BCUT2D eigenvalue weighted by atomic mass is 10.0. The summed E-state index contributed by atoms with van der Waals surface area (Å²) >= 11 is 6.60. The van der Waals surface area contributed by atoms with E-state index < -0.39 is 6.10 Å². The first kappa shape index (κ1) is 12.3. The van der Waals surface area contributed by atoms with E-state index in [1.54, 1.807) is 6.07 Å². The van der Waals surface area contributed by atoms with Crippen LogP contribution in [0, 0.1) is 0 Å². The molecule has 3 rings (SSSR count). The van der Waals surface area contributed by atoms with Crippen LogP contribution in [0.3, 0.4) is 0 Å². The maximum absolute atomic E-state index is 10.3. The smallest absolute Gasteiger partial charge is 0.183 e. The third kappa shape index (κ3) is 2.11. The number of benzene rings is 1. The van der Waals surface area contributed by atoms with Gasteiger partial charge in [-0.2, -0.15) is 0 Å². The molecule has 2 aromatic rings. The Morgan fingerprint density at radius 2 is 2.06 bits per heavy atom. The molecule has 18 heavy (non-hydrogen) atoms. The van der Waals surface area contributed by atoms with Gasteiger partial charge in [-0.15, -0.1) is 0 Å². The quantitative estimate of drug-likeness (QED) is 0.870. The Hall–Kier alpha value is -0.780. The molecule has 1 aliphatic rings. The summed E-state index contributed by atoms with van der Waals surface area (Å²) in [6.07, 6.45) is 0.125. The molecule has 0 amide bonds. The van der Waals surface area contributed by atoms with Crippen LogP contribution in [0.1, 0.15) is 23.0 Å². The molecule has 1 aromatic carbocycles. The van der Waals surface area contributed by atoms with Crippen molar-refractivity contribution in [1.82, 2.24) is 0 Å². The van der Waals surface area contributed by atoms with Crippen LogP contribution in [0.4, 0.5) is 0 Å². The molecular formula is C13H10Br2O3. The molecule has 5 heteroatoms. The monoisotopic (exact) mass is 372 g/mol. The van der Waals surface area contributed by atoms with E-state index in [0.29, 0.717) is 17.0 Å². The van der Waals surface area contributed by atoms with Crippen LogP contribution in [0.2, 0.25) is 0 Å². The van der Waals surface area contributed by atoms with Crippen LogP contribution in [0.25, 0.3) is 0 Å². The molecule has 3 nitrogen and oxygen atoms in total. The molecule has 0 bridgehead atoms. The molecule has 1 aromatic heterocycles. The van der Waals surface area contributed by atoms with Crippen molar-refractivity contribution in [3.8, 4) is 5.75 Å². The maximum atomic E-state index is 10.3. The maximum Gasteiger partial charge on any atom is 0.183 e. The van der Waals surface area contributed by atoms with Gasteiger partial charge in [0.2, 0.25) is 0 Å². The summed E-state index contributed by atoms with van der Waals surface area (Å²) in [6.45, 7) is 0.715. The van der Waals surface area contributed by atoms with Crippen molar-refractivity contribution in [3.63, 3.8) is 0 Å². The number of ether oxygens (including phenoxy) is 1. The predicted molar refractivity (Wildman–Crippen MR) is 73.8 cm³/mol. The fraction of sp³-hybridized carbons (Fsp3) is 0.231. The Kier molecular flexibility index (Phi) is 3.21. The largest absolute Gasteiger partial charge is 0.493 e. The molecule has 0 spiro atoms. The Labute approximate surface area is 121 Å². The van der Waals surface area contributed by atoms with Gasteiger partial charge in [0.05, 0.1) is 11.1 Å². The average molecular weight is 374 g/mol. The van der Waals surface area contributed by atoms with Crippen molar-refractivity contribution in [2.75, 3.05) is 6.61 Å². The molecule has 0 fully saturated rings. The number of furan rings is 1. The van der Waals surface area contributed by atoms with E-state index in [-0.39, 0.29) is 0 Å². The minimum Gasteiger partial charge on any atom is -0.493 e. The zero-order valence-corrected chi connectivity index (χ0v) is 12.5. The third-order valence-corrected chi connectivity index (χ3v) is 4.67. The molecule has 0 saturated carbocycles. The summed E-state index contributed by atoms with van der Waals surface area (Å²) in [5.41, 5.74) is 1.95. The van der Waals surface area contributed by atoms with E-state index in [2.05, 4.69) is 31.9 Å². The summed E-state index contributed by atoms with van der Waals surface area (Å²) < 4.78 is 12.3. The fourth-order valence-electron chi connectivity index (χ4n) is 2.04. The van der Waals surface area contributed by atoms with Crippen LogP contribution in [0.15, 0.2) is 37.8 Å². The second-order valence-corrected chi connectivity index (χ2v) is 5.71. The standard InChI is InChI=1S/C13H10Br2O3/c14-9-6-11(18-13(9)15)12(16)8-1-2-10-7(5-8)3-4-17-10/h1-2,5-6,12,16H,3-4H2. The number of hydrogen-bond donors (Lipinski definition) is 1. The van der Waals surface area contributed by atoms with Crippen LogP contribution in [0.5, 0.6) is 5.75 Å². The second kappa shape index (κ2) is 4.72. The summed E-state index contributed by atoms with van der Waals surface area (Å²) in [6, 6.07) is 7.49. The summed E-state index contributed by atoms with van der Waals surface area (Å²) in [5, 5.41) is 10.3. The summed E-state index contributed by atoms with van der Waals surface area (Å²) in [5.74, 6) is 1.42. The van der Waals surface area contributed by atoms with Crippen LogP contribution < -0.4 is 4.74 Å². The molecule has 0 aliphatic carbocycles. The fourth-order valence-corrected chi connectivity index (χ4v) is 2.65. The van der Waals surface area contributed by atoms with Gasteiger partial charge < -0.3 is 14.3 Å². The first-order chi connectivity index (χ1) is 8.65. The van der Waals surface area contributed by atoms with Crippen LogP contribution >= 0.6 is 31.9 Å². The highest BCUT2D eigenvalue weighted by Crippen LogP contribution is 2.34. The number of rotatable bonds is 2. The zero-order chi connectivity index (χ0) is 12.7. The van der Waals surface area contributed by atoms with Crippen LogP contribution in [-0.4, -0.2) is 11.7 Å². The van der Waals surface area contributed by atoms with Crippen LogP contribution in [-0.2, 0) is 6.42 Å². The van der Waals surface area contributed by atoms with Crippen molar-refractivity contribution in [3.05, 3.63) is 50.3 Å². The van der Waals surface area contributed by atoms with Gasteiger partial charge in [-0.05, 0) is 61.2 Å². The minimum absolute atomic E-state index is 0.507. The van der Waals surface area contributed by atoms with E-state index in [9.17, 15) is 5.11 Å². The molecule has 1 unspecified atom stereocenters. The number of fused-ring (bicyclic) bond motifs is 1. The van der Waals surface area contributed by atoms with E-state index in [1.807, 2.05) is 18.2 Å². The molecule has 1 aliphatic heterocycles. The lowest BCUT2D eigenvalue weighted by Gasteiger charge is -2.09. The number of aliphatic hydroxyl groups is 1. The SMILES string of the molecule is OC(c1ccc2c(c1)CCO2)c1cc(Br)c(Br)o1. The van der Waals surface area contributed by atoms with Crippen molar-refractivity contribution < 1.29 is 14.3 Å². The molecule has 0 saturated heterocycles. The summed E-state index contributed by atoms with van der Waals surface area (Å²) in [4.78, 5) is 0. The van der Waals surface area contributed by atoms with E-state index in [1.165, 1.54) is 0 Å². The molecule has 1 N–H and O–H groups in total. The van der Waals surface area contributed by atoms with E-state index in [4.69, 9.17) is 9.15 Å². The summed E-state index contributed by atoms with van der Waals surface area (Å²) in [7, 11) is 0. The van der Waals surface area contributed by atoms with Gasteiger partial charge in [-0.25, -0.2) is 0 Å². The first-order valence-corrected chi connectivity index (χ1v) is 7.12. The molecule has 1 atom stereocenters. The van der Waals surface area contributed by atoms with Gasteiger partial charge in [0.25, 0.3) is 0 Å².